The normalized spacial score (nSPS) is 9.69. The molecule has 0 spiro atoms. The SMILES string of the molecule is COc1ccc2oc(=O)ccc2c1.Cc1ccc2oc(=O)ccc2c1.O=C=O.O=c1ccc2ccccc2o1. The van der Waals surface area contributed by atoms with Crippen LogP contribution in [0.3, 0.4) is 0 Å². The number of methoxy groups -OCH3 is 1. The second kappa shape index (κ2) is 13.7. The standard InChI is InChI=1S/C10H8O3.C10H8O2.C9H6O2.CO2/c1-12-8-3-4-9-7(6-8)2-5-10(11)13-9;1-7-2-4-9-8(6-7)3-5-10(11)12-9;10-9-6-5-7-3-1-2-4-8(7)11-9;2-1-3/h2-6H,1H3;2-6H,1H3;1-6H;. The maximum atomic E-state index is 10.8. The third kappa shape index (κ3) is 8.24. The molecule has 0 radical (unpaired) electrons. The highest BCUT2D eigenvalue weighted by Crippen LogP contribution is 2.18. The fourth-order valence-electron chi connectivity index (χ4n) is 3.38. The number of aryl methyl sites for hydroxylation is 1. The molecule has 0 amide bonds. The van der Waals surface area contributed by atoms with Gasteiger partial charge in [-0.2, -0.15) is 9.59 Å². The van der Waals surface area contributed by atoms with E-state index in [0.29, 0.717) is 16.7 Å². The van der Waals surface area contributed by atoms with Crippen LogP contribution in [0, 0.1) is 6.92 Å². The fourth-order valence-corrected chi connectivity index (χ4v) is 3.38. The molecule has 0 aliphatic rings. The van der Waals surface area contributed by atoms with Crippen molar-refractivity contribution in [3.8, 4) is 5.75 Å². The quantitative estimate of drug-likeness (QED) is 0.268. The number of fused-ring (bicyclic) bond motifs is 3. The Morgan fingerprint density at radius 2 is 1.03 bits per heavy atom. The van der Waals surface area contributed by atoms with E-state index in [4.69, 9.17) is 27.6 Å². The maximum absolute atomic E-state index is 10.8. The van der Waals surface area contributed by atoms with Gasteiger partial charge in [-0.1, -0.05) is 29.8 Å². The topological polar surface area (TPSA) is 134 Å². The number of rotatable bonds is 1. The highest BCUT2D eigenvalue weighted by Gasteiger charge is 1.98. The molecule has 3 heterocycles. The summed E-state index contributed by atoms with van der Waals surface area (Å²) in [5.74, 6) is 0.751. The summed E-state index contributed by atoms with van der Waals surface area (Å²) in [7, 11) is 1.60. The van der Waals surface area contributed by atoms with E-state index < -0.39 is 0 Å². The maximum Gasteiger partial charge on any atom is 0.373 e. The molecule has 6 rings (SSSR count). The van der Waals surface area contributed by atoms with Gasteiger partial charge < -0.3 is 18.0 Å². The largest absolute Gasteiger partial charge is 0.497 e. The molecule has 6 aromatic rings. The van der Waals surface area contributed by atoms with Crippen molar-refractivity contribution in [1.29, 1.82) is 0 Å². The van der Waals surface area contributed by atoms with Crippen LogP contribution in [0.1, 0.15) is 5.56 Å². The van der Waals surface area contributed by atoms with Gasteiger partial charge in [0.1, 0.15) is 22.5 Å². The molecule has 9 heteroatoms. The highest BCUT2D eigenvalue weighted by atomic mass is 16.5. The molecule has 39 heavy (non-hydrogen) atoms. The lowest BCUT2D eigenvalue weighted by molar-refractivity contribution is -0.191. The van der Waals surface area contributed by atoms with Crippen molar-refractivity contribution in [3.63, 3.8) is 0 Å². The first-order valence-corrected chi connectivity index (χ1v) is 11.4. The molecule has 0 unspecified atom stereocenters. The van der Waals surface area contributed by atoms with E-state index in [1.807, 2.05) is 49.4 Å². The molecule has 0 saturated carbocycles. The molecule has 196 valence electrons. The second-order valence-corrected chi connectivity index (χ2v) is 7.83. The van der Waals surface area contributed by atoms with E-state index in [9.17, 15) is 14.4 Å². The summed E-state index contributed by atoms with van der Waals surface area (Å²) in [5.41, 5.74) is 2.09. The Kier molecular flexibility index (Phi) is 9.84. The zero-order valence-electron chi connectivity index (χ0n) is 20.9. The summed E-state index contributed by atoms with van der Waals surface area (Å²) in [6.07, 6.45) is 0.250. The highest BCUT2D eigenvalue weighted by molar-refractivity contribution is 5.78. The smallest absolute Gasteiger partial charge is 0.373 e. The zero-order valence-corrected chi connectivity index (χ0v) is 20.9. The Morgan fingerprint density at radius 1 is 0.564 bits per heavy atom. The Morgan fingerprint density at radius 3 is 1.59 bits per heavy atom. The summed E-state index contributed by atoms with van der Waals surface area (Å²) < 4.78 is 19.8. The lowest BCUT2D eigenvalue weighted by Crippen LogP contribution is -1.94. The van der Waals surface area contributed by atoms with Gasteiger partial charge in [0.25, 0.3) is 0 Å². The first-order valence-electron chi connectivity index (χ1n) is 11.4. The molecule has 3 aromatic carbocycles. The lowest BCUT2D eigenvalue weighted by atomic mass is 10.2. The van der Waals surface area contributed by atoms with Crippen LogP contribution in [0.15, 0.2) is 125 Å². The Bertz CT molecular complexity index is 1910. The predicted molar refractivity (Wildman–Crippen MR) is 144 cm³/mol. The van der Waals surface area contributed by atoms with Gasteiger partial charge in [0.15, 0.2) is 0 Å². The van der Waals surface area contributed by atoms with Gasteiger partial charge in [-0.05, 0) is 61.5 Å². The van der Waals surface area contributed by atoms with Gasteiger partial charge in [0.2, 0.25) is 0 Å². The third-order valence-electron chi connectivity index (χ3n) is 5.13. The van der Waals surface area contributed by atoms with Gasteiger partial charge in [0.05, 0.1) is 7.11 Å². The summed E-state index contributed by atoms with van der Waals surface area (Å²) in [5, 5.41) is 2.78. The molecule has 0 N–H and O–H groups in total. The van der Waals surface area contributed by atoms with Crippen LogP contribution in [0.5, 0.6) is 5.75 Å². The number of carbonyl (C=O) groups excluding carboxylic acids is 2. The van der Waals surface area contributed by atoms with E-state index in [-0.39, 0.29) is 23.0 Å². The van der Waals surface area contributed by atoms with E-state index >= 15 is 0 Å². The van der Waals surface area contributed by atoms with Crippen molar-refractivity contribution in [2.45, 2.75) is 6.92 Å². The van der Waals surface area contributed by atoms with Gasteiger partial charge in [-0.25, -0.2) is 14.4 Å². The minimum atomic E-state index is -0.335. The zero-order chi connectivity index (χ0) is 28.2. The Hall–Kier alpha value is -5.53. The molecule has 3 aromatic heterocycles. The van der Waals surface area contributed by atoms with Crippen LogP contribution in [0.4, 0.5) is 0 Å². The Labute approximate surface area is 220 Å². The second-order valence-electron chi connectivity index (χ2n) is 7.83. The van der Waals surface area contributed by atoms with Crippen LogP contribution < -0.4 is 21.6 Å². The van der Waals surface area contributed by atoms with E-state index in [2.05, 4.69) is 0 Å². The van der Waals surface area contributed by atoms with Crippen LogP contribution in [0.2, 0.25) is 0 Å². The molecule has 0 saturated heterocycles. The van der Waals surface area contributed by atoms with Crippen LogP contribution in [-0.2, 0) is 9.59 Å². The molecule has 0 fully saturated rings. The summed E-state index contributed by atoms with van der Waals surface area (Å²) >= 11 is 0. The van der Waals surface area contributed by atoms with E-state index in [0.717, 1.165) is 27.5 Å². The summed E-state index contributed by atoms with van der Waals surface area (Å²) in [4.78, 5) is 48.6. The van der Waals surface area contributed by atoms with Crippen molar-refractivity contribution in [1.82, 2.24) is 0 Å². The fraction of sp³-hybridized carbons (Fsp3) is 0.0667. The predicted octanol–water partition coefficient (Wildman–Crippen LogP) is 5.11. The van der Waals surface area contributed by atoms with Gasteiger partial charge in [0, 0.05) is 34.4 Å². The first kappa shape index (κ1) is 28.0. The number of ether oxygens (including phenoxy) is 1. The van der Waals surface area contributed by atoms with Crippen molar-refractivity contribution >= 4 is 39.1 Å². The summed E-state index contributed by atoms with van der Waals surface area (Å²) in [6, 6.07) is 27.9. The average Bonchev–Trinajstić information content (AvgIpc) is 2.94. The van der Waals surface area contributed by atoms with Crippen molar-refractivity contribution < 1.29 is 27.6 Å². The first-order chi connectivity index (χ1) is 18.8. The molecule has 9 nitrogen and oxygen atoms in total. The molecular weight excluding hydrogens is 504 g/mol. The molecular formula is C30H22O9. The van der Waals surface area contributed by atoms with Crippen molar-refractivity contribution in [2.24, 2.45) is 0 Å². The van der Waals surface area contributed by atoms with Crippen LogP contribution in [-0.4, -0.2) is 13.3 Å². The number of para-hydroxylation sites is 1. The van der Waals surface area contributed by atoms with Gasteiger partial charge >= 0.3 is 23.0 Å². The molecule has 0 bridgehead atoms. The van der Waals surface area contributed by atoms with Crippen LogP contribution >= 0.6 is 0 Å². The molecule has 0 aliphatic heterocycles. The monoisotopic (exact) mass is 526 g/mol. The van der Waals surface area contributed by atoms with E-state index in [1.165, 1.54) is 18.2 Å². The number of benzene rings is 3. The van der Waals surface area contributed by atoms with Gasteiger partial charge in [-0.3, -0.25) is 0 Å². The number of hydrogen-bond acceptors (Lipinski definition) is 9. The van der Waals surface area contributed by atoms with Gasteiger partial charge in [-0.15, -0.1) is 0 Å². The van der Waals surface area contributed by atoms with Crippen molar-refractivity contribution in [2.75, 3.05) is 7.11 Å². The number of hydrogen-bond donors (Lipinski definition) is 0. The van der Waals surface area contributed by atoms with E-state index in [1.54, 1.807) is 43.5 Å². The summed E-state index contributed by atoms with van der Waals surface area (Å²) in [6.45, 7) is 2.00. The van der Waals surface area contributed by atoms with Crippen molar-refractivity contribution in [3.05, 3.63) is 134 Å². The molecule has 0 aliphatic carbocycles. The van der Waals surface area contributed by atoms with Crippen LogP contribution in [0.25, 0.3) is 32.9 Å². The molecule has 0 atom stereocenters. The third-order valence-corrected chi connectivity index (χ3v) is 5.13. The minimum Gasteiger partial charge on any atom is -0.497 e. The Balaban J connectivity index is 0.000000154. The minimum absolute atomic E-state index is 0.250. The lowest BCUT2D eigenvalue weighted by Gasteiger charge is -1.99. The average molecular weight is 526 g/mol.